The molecule has 0 aliphatic carbocycles. The van der Waals surface area contributed by atoms with Gasteiger partial charge in [0.05, 0.1) is 5.52 Å². The molecule has 1 aromatic heterocycles. The minimum Gasteiger partial charge on any atom is -0.485 e. The molecule has 1 saturated heterocycles. The number of rotatable bonds is 3. The molecule has 1 N–H and O–H groups in total. The number of para-hydroxylation sites is 2. The third-order valence-corrected chi connectivity index (χ3v) is 6.18. The summed E-state index contributed by atoms with van der Waals surface area (Å²) in [6.07, 6.45) is 1.73. The van der Waals surface area contributed by atoms with Crippen LogP contribution >= 0.6 is 0 Å². The van der Waals surface area contributed by atoms with Gasteiger partial charge in [-0.2, -0.15) is 0 Å². The summed E-state index contributed by atoms with van der Waals surface area (Å²) < 4.78 is 11.5. The summed E-state index contributed by atoms with van der Waals surface area (Å²) in [5.74, 6) is 2.86. The lowest BCUT2D eigenvalue weighted by atomic mass is 9.99. The number of nitrogens with zero attached hydrogens (tertiary/aromatic N) is 2. The molecule has 1 unspecified atom stereocenters. The van der Waals surface area contributed by atoms with Gasteiger partial charge < -0.3 is 19.7 Å². The molecular formula is C25H27N3O3. The van der Waals surface area contributed by atoms with E-state index in [0.717, 1.165) is 47.0 Å². The molecule has 3 aromatic rings. The summed E-state index contributed by atoms with van der Waals surface area (Å²) in [5.41, 5.74) is 2.82. The molecule has 1 amide bonds. The molecule has 6 nitrogen and oxygen atoms in total. The van der Waals surface area contributed by atoms with Crippen LogP contribution < -0.4 is 19.7 Å². The Morgan fingerprint density at radius 2 is 1.87 bits per heavy atom. The minimum absolute atomic E-state index is 0.189. The molecule has 160 valence electrons. The normalized spacial score (nSPS) is 18.8. The summed E-state index contributed by atoms with van der Waals surface area (Å²) in [4.78, 5) is 20.0. The fourth-order valence-corrected chi connectivity index (χ4v) is 4.23. The van der Waals surface area contributed by atoms with Crippen LogP contribution in [-0.2, 0) is 4.79 Å². The third-order valence-electron chi connectivity index (χ3n) is 6.18. The Balaban J connectivity index is 1.32. The van der Waals surface area contributed by atoms with Crippen molar-refractivity contribution >= 4 is 28.3 Å². The Morgan fingerprint density at radius 3 is 2.68 bits per heavy atom. The second-order valence-corrected chi connectivity index (χ2v) is 8.55. The Morgan fingerprint density at radius 1 is 1.10 bits per heavy atom. The highest BCUT2D eigenvalue weighted by Gasteiger charge is 2.27. The summed E-state index contributed by atoms with van der Waals surface area (Å²) >= 11 is 0. The summed E-state index contributed by atoms with van der Waals surface area (Å²) in [6, 6.07) is 15.4. The zero-order valence-electron chi connectivity index (χ0n) is 17.9. The molecular weight excluding hydrogens is 390 g/mol. The molecule has 0 saturated carbocycles. The van der Waals surface area contributed by atoms with Crippen LogP contribution in [0.5, 0.6) is 11.5 Å². The predicted octanol–water partition coefficient (Wildman–Crippen LogP) is 4.56. The monoisotopic (exact) mass is 417 g/mol. The molecule has 2 aliphatic rings. The van der Waals surface area contributed by atoms with Crippen molar-refractivity contribution in [3.8, 4) is 11.5 Å². The van der Waals surface area contributed by atoms with E-state index in [1.807, 2.05) is 36.4 Å². The van der Waals surface area contributed by atoms with Crippen LogP contribution in [0.3, 0.4) is 0 Å². The van der Waals surface area contributed by atoms with Crippen LogP contribution in [0.25, 0.3) is 10.9 Å². The van der Waals surface area contributed by atoms with Crippen molar-refractivity contribution in [1.82, 2.24) is 4.98 Å². The Labute approximate surface area is 182 Å². The molecule has 1 fully saturated rings. The lowest BCUT2D eigenvalue weighted by molar-refractivity contribution is -0.125. The highest BCUT2D eigenvalue weighted by molar-refractivity contribution is 5.97. The average Bonchev–Trinajstić information content (AvgIpc) is 2.79. The number of benzene rings is 2. The maximum absolute atomic E-state index is 12.7. The Hall–Kier alpha value is -3.28. The van der Waals surface area contributed by atoms with Crippen molar-refractivity contribution in [3.63, 3.8) is 0 Å². The number of piperidine rings is 1. The molecule has 5 rings (SSSR count). The number of aryl methyl sites for hydroxylation is 1. The number of amides is 1. The van der Waals surface area contributed by atoms with Crippen molar-refractivity contribution in [3.05, 3.63) is 54.1 Å². The van der Waals surface area contributed by atoms with Gasteiger partial charge in [0.25, 0.3) is 5.91 Å². The van der Waals surface area contributed by atoms with Crippen LogP contribution in [0.15, 0.2) is 48.5 Å². The lowest BCUT2D eigenvalue weighted by Gasteiger charge is -2.31. The first-order valence-electron chi connectivity index (χ1n) is 10.9. The minimum atomic E-state index is -0.686. The molecule has 0 radical (unpaired) electrons. The molecule has 2 aliphatic heterocycles. The van der Waals surface area contributed by atoms with Crippen LogP contribution in [-0.4, -0.2) is 36.7 Å². The quantitative estimate of drug-likeness (QED) is 0.677. The largest absolute Gasteiger partial charge is 0.485 e. The molecule has 2 aromatic carbocycles. The molecule has 1 atom stereocenters. The van der Waals surface area contributed by atoms with Gasteiger partial charge in [-0.05, 0) is 67.6 Å². The number of nitrogens with one attached hydrogen (secondary N) is 1. The summed E-state index contributed by atoms with van der Waals surface area (Å²) in [6.45, 7) is 6.71. The molecule has 31 heavy (non-hydrogen) atoms. The number of ether oxygens (including phenoxy) is 2. The lowest BCUT2D eigenvalue weighted by Crippen LogP contribution is -2.40. The molecule has 0 bridgehead atoms. The number of carbonyl (C=O) groups is 1. The number of fused-ring (bicyclic) bond motifs is 2. The highest BCUT2D eigenvalue weighted by atomic mass is 16.6. The number of hydrogen-bond donors (Lipinski definition) is 1. The van der Waals surface area contributed by atoms with E-state index in [1.54, 1.807) is 6.07 Å². The smallest absolute Gasteiger partial charge is 0.269 e. The summed E-state index contributed by atoms with van der Waals surface area (Å²) in [7, 11) is 0. The number of aromatic nitrogens is 1. The first-order valence-corrected chi connectivity index (χ1v) is 10.9. The number of anilines is 2. The van der Waals surface area contributed by atoms with E-state index in [-0.39, 0.29) is 12.5 Å². The second-order valence-electron chi connectivity index (χ2n) is 8.55. The zero-order valence-corrected chi connectivity index (χ0v) is 17.9. The number of hydrogen-bond acceptors (Lipinski definition) is 5. The fourth-order valence-electron chi connectivity index (χ4n) is 4.23. The van der Waals surface area contributed by atoms with Gasteiger partial charge in [0.1, 0.15) is 12.4 Å². The maximum atomic E-state index is 12.7. The van der Waals surface area contributed by atoms with Gasteiger partial charge in [0.2, 0.25) is 6.10 Å². The number of pyridine rings is 1. The van der Waals surface area contributed by atoms with E-state index in [2.05, 4.69) is 30.1 Å². The van der Waals surface area contributed by atoms with Gasteiger partial charge >= 0.3 is 0 Å². The van der Waals surface area contributed by atoms with Crippen molar-refractivity contribution < 1.29 is 14.3 Å². The molecule has 3 heterocycles. The van der Waals surface area contributed by atoms with Crippen molar-refractivity contribution in [1.29, 1.82) is 0 Å². The standard InChI is InChI=1S/C25H27N3O3/c1-16-9-11-28(12-10-16)24-13-17(2)19-14-18(7-8-20(19)27-24)26-25(29)23-15-30-21-5-3-4-6-22(21)31-23/h3-8,13-14,16,23H,9-12,15H2,1-2H3,(H,26,29). The third kappa shape index (κ3) is 4.02. The van der Waals surface area contributed by atoms with E-state index < -0.39 is 6.10 Å². The average molecular weight is 418 g/mol. The van der Waals surface area contributed by atoms with E-state index in [1.165, 1.54) is 12.8 Å². The molecule has 0 spiro atoms. The van der Waals surface area contributed by atoms with Gasteiger partial charge in [-0.25, -0.2) is 4.98 Å². The topological polar surface area (TPSA) is 63.7 Å². The summed E-state index contributed by atoms with van der Waals surface area (Å²) in [5, 5.41) is 4.00. The SMILES string of the molecule is Cc1cc(N2CCC(C)CC2)nc2ccc(NC(=O)C3COc4ccccc4O3)cc12. The van der Waals surface area contributed by atoms with Crippen molar-refractivity contribution in [2.75, 3.05) is 29.9 Å². The van der Waals surface area contributed by atoms with Gasteiger partial charge in [0.15, 0.2) is 11.5 Å². The first kappa shape index (κ1) is 19.7. The van der Waals surface area contributed by atoms with Crippen molar-refractivity contribution in [2.45, 2.75) is 32.8 Å². The number of carbonyl (C=O) groups excluding carboxylic acids is 1. The first-order chi connectivity index (χ1) is 15.1. The molecule has 6 heteroatoms. The fraction of sp³-hybridized carbons (Fsp3) is 0.360. The Kier molecular flexibility index (Phi) is 5.14. The second kappa shape index (κ2) is 8.10. The van der Waals surface area contributed by atoms with E-state index >= 15 is 0 Å². The van der Waals surface area contributed by atoms with E-state index in [4.69, 9.17) is 14.5 Å². The Bertz CT molecular complexity index is 1120. The van der Waals surface area contributed by atoms with Crippen LogP contribution in [0.2, 0.25) is 0 Å². The zero-order chi connectivity index (χ0) is 21.4. The maximum Gasteiger partial charge on any atom is 0.269 e. The van der Waals surface area contributed by atoms with Crippen molar-refractivity contribution in [2.24, 2.45) is 5.92 Å². The van der Waals surface area contributed by atoms with E-state index in [0.29, 0.717) is 11.5 Å². The van der Waals surface area contributed by atoms with Crippen LogP contribution in [0.1, 0.15) is 25.3 Å². The van der Waals surface area contributed by atoms with Gasteiger partial charge in [-0.3, -0.25) is 4.79 Å². The van der Waals surface area contributed by atoms with Gasteiger partial charge in [-0.1, -0.05) is 19.1 Å². The predicted molar refractivity (Wildman–Crippen MR) is 122 cm³/mol. The van der Waals surface area contributed by atoms with E-state index in [9.17, 15) is 4.79 Å². The van der Waals surface area contributed by atoms with Crippen LogP contribution in [0, 0.1) is 12.8 Å². The van der Waals surface area contributed by atoms with Gasteiger partial charge in [-0.15, -0.1) is 0 Å². The van der Waals surface area contributed by atoms with Gasteiger partial charge in [0, 0.05) is 24.2 Å². The highest BCUT2D eigenvalue weighted by Crippen LogP contribution is 2.32. The van der Waals surface area contributed by atoms with Crippen LogP contribution in [0.4, 0.5) is 11.5 Å².